The highest BCUT2D eigenvalue weighted by Gasteiger charge is 2.04. The van der Waals surface area contributed by atoms with Gasteiger partial charge in [0, 0.05) is 18.9 Å². The SMILES string of the molecule is C1=CN(c2ccccn2)NC1. The molecule has 3 nitrogen and oxygen atoms in total. The van der Waals surface area contributed by atoms with Gasteiger partial charge in [0.05, 0.1) is 0 Å². The Labute approximate surface area is 65.3 Å². The quantitative estimate of drug-likeness (QED) is 0.640. The van der Waals surface area contributed by atoms with Gasteiger partial charge in [-0.25, -0.2) is 10.4 Å². The standard InChI is InChI=1S/C8H9N3/c1-2-5-9-8(4-1)11-7-3-6-10-11/h1-5,7,10H,6H2. The van der Waals surface area contributed by atoms with Crippen LogP contribution in [0.5, 0.6) is 0 Å². The Morgan fingerprint density at radius 1 is 1.45 bits per heavy atom. The highest BCUT2D eigenvalue weighted by Crippen LogP contribution is 2.08. The third-order valence-electron chi connectivity index (χ3n) is 1.53. The van der Waals surface area contributed by atoms with Gasteiger partial charge in [-0.1, -0.05) is 12.1 Å². The van der Waals surface area contributed by atoms with Crippen LogP contribution in [0.3, 0.4) is 0 Å². The number of hydrogen-bond acceptors (Lipinski definition) is 3. The molecule has 2 rings (SSSR count). The second-order valence-corrected chi connectivity index (χ2v) is 2.30. The fourth-order valence-corrected chi connectivity index (χ4v) is 1.02. The lowest BCUT2D eigenvalue weighted by Gasteiger charge is -2.13. The third-order valence-corrected chi connectivity index (χ3v) is 1.53. The summed E-state index contributed by atoms with van der Waals surface area (Å²) < 4.78 is 0. The molecule has 1 aromatic rings. The lowest BCUT2D eigenvalue weighted by Crippen LogP contribution is -2.28. The van der Waals surface area contributed by atoms with Crippen molar-refractivity contribution in [3.8, 4) is 0 Å². The highest BCUT2D eigenvalue weighted by molar-refractivity contribution is 5.41. The van der Waals surface area contributed by atoms with Crippen molar-refractivity contribution < 1.29 is 0 Å². The van der Waals surface area contributed by atoms with E-state index >= 15 is 0 Å². The first-order chi connectivity index (χ1) is 5.47. The molecule has 56 valence electrons. The van der Waals surface area contributed by atoms with Crippen LogP contribution >= 0.6 is 0 Å². The number of hydrogen-bond donors (Lipinski definition) is 1. The maximum absolute atomic E-state index is 4.17. The molecule has 2 heterocycles. The number of rotatable bonds is 1. The van der Waals surface area contributed by atoms with Crippen molar-refractivity contribution in [2.75, 3.05) is 11.6 Å². The minimum atomic E-state index is 0.885. The Kier molecular flexibility index (Phi) is 1.57. The van der Waals surface area contributed by atoms with Gasteiger partial charge >= 0.3 is 0 Å². The predicted molar refractivity (Wildman–Crippen MR) is 43.9 cm³/mol. The van der Waals surface area contributed by atoms with Gasteiger partial charge in [-0.2, -0.15) is 0 Å². The van der Waals surface area contributed by atoms with Crippen LogP contribution in [-0.4, -0.2) is 11.5 Å². The van der Waals surface area contributed by atoms with Crippen molar-refractivity contribution in [1.29, 1.82) is 0 Å². The van der Waals surface area contributed by atoms with Crippen molar-refractivity contribution in [2.45, 2.75) is 0 Å². The molecule has 0 aliphatic carbocycles. The third kappa shape index (κ3) is 1.23. The molecule has 0 fully saturated rings. The van der Waals surface area contributed by atoms with E-state index in [1.54, 1.807) is 6.20 Å². The van der Waals surface area contributed by atoms with Gasteiger partial charge < -0.3 is 0 Å². The van der Waals surface area contributed by atoms with Crippen LogP contribution in [0.15, 0.2) is 36.7 Å². The number of nitrogens with one attached hydrogen (secondary N) is 1. The first-order valence-electron chi connectivity index (χ1n) is 3.57. The van der Waals surface area contributed by atoms with Gasteiger partial charge in [-0.05, 0) is 12.1 Å². The summed E-state index contributed by atoms with van der Waals surface area (Å²) in [7, 11) is 0. The zero-order chi connectivity index (χ0) is 7.52. The normalized spacial score (nSPS) is 15.8. The van der Waals surface area contributed by atoms with E-state index in [1.807, 2.05) is 29.4 Å². The van der Waals surface area contributed by atoms with E-state index in [0.717, 1.165) is 12.4 Å². The zero-order valence-corrected chi connectivity index (χ0v) is 6.07. The molecule has 0 aromatic carbocycles. The van der Waals surface area contributed by atoms with Crippen LogP contribution in [0, 0.1) is 0 Å². The molecular weight excluding hydrogens is 138 g/mol. The average molecular weight is 147 g/mol. The fourth-order valence-electron chi connectivity index (χ4n) is 1.02. The summed E-state index contributed by atoms with van der Waals surface area (Å²) in [6.45, 7) is 0.885. The van der Waals surface area contributed by atoms with E-state index < -0.39 is 0 Å². The van der Waals surface area contributed by atoms with Crippen LogP contribution < -0.4 is 10.4 Å². The van der Waals surface area contributed by atoms with Crippen LogP contribution in [0.4, 0.5) is 5.82 Å². The highest BCUT2D eigenvalue weighted by atomic mass is 15.5. The smallest absolute Gasteiger partial charge is 0.146 e. The number of aromatic nitrogens is 1. The molecule has 1 N–H and O–H groups in total. The predicted octanol–water partition coefficient (Wildman–Crippen LogP) is 0.920. The molecule has 11 heavy (non-hydrogen) atoms. The molecule has 1 aliphatic heterocycles. The molecular formula is C8H9N3. The van der Waals surface area contributed by atoms with Gasteiger partial charge in [-0.3, -0.25) is 5.01 Å². The number of pyridine rings is 1. The number of anilines is 1. The van der Waals surface area contributed by atoms with E-state index in [0.29, 0.717) is 0 Å². The van der Waals surface area contributed by atoms with Crippen molar-refractivity contribution >= 4 is 5.82 Å². The summed E-state index contributed by atoms with van der Waals surface area (Å²) in [6.07, 6.45) is 5.81. The summed E-state index contributed by atoms with van der Waals surface area (Å²) >= 11 is 0. The number of nitrogens with zero attached hydrogens (tertiary/aromatic N) is 2. The molecule has 0 amide bonds. The lowest BCUT2D eigenvalue weighted by molar-refractivity contribution is 0.800. The zero-order valence-electron chi connectivity index (χ0n) is 6.07. The minimum absolute atomic E-state index is 0.885. The van der Waals surface area contributed by atoms with E-state index in [9.17, 15) is 0 Å². The van der Waals surface area contributed by atoms with Crippen molar-refractivity contribution in [1.82, 2.24) is 10.4 Å². The van der Waals surface area contributed by atoms with Crippen molar-refractivity contribution in [3.05, 3.63) is 36.7 Å². The first kappa shape index (κ1) is 6.37. The molecule has 0 unspecified atom stereocenters. The molecule has 1 aliphatic rings. The molecule has 0 radical (unpaired) electrons. The van der Waals surface area contributed by atoms with Gasteiger partial charge in [0.1, 0.15) is 5.82 Å². The second-order valence-electron chi connectivity index (χ2n) is 2.30. The van der Waals surface area contributed by atoms with Crippen LogP contribution in [-0.2, 0) is 0 Å². The van der Waals surface area contributed by atoms with Crippen molar-refractivity contribution in [3.63, 3.8) is 0 Å². The molecule has 0 atom stereocenters. The van der Waals surface area contributed by atoms with Gasteiger partial charge in [0.25, 0.3) is 0 Å². The Morgan fingerprint density at radius 2 is 2.45 bits per heavy atom. The summed E-state index contributed by atoms with van der Waals surface area (Å²) in [4.78, 5) is 4.17. The Balaban J connectivity index is 2.23. The number of hydrazine groups is 1. The largest absolute Gasteiger partial charge is 0.267 e. The lowest BCUT2D eigenvalue weighted by atomic mass is 10.4. The molecule has 0 saturated heterocycles. The van der Waals surface area contributed by atoms with Crippen molar-refractivity contribution in [2.24, 2.45) is 0 Å². The Bertz CT molecular complexity index is 255. The molecule has 0 bridgehead atoms. The van der Waals surface area contributed by atoms with E-state index in [-0.39, 0.29) is 0 Å². The minimum Gasteiger partial charge on any atom is -0.267 e. The van der Waals surface area contributed by atoms with E-state index in [1.165, 1.54) is 0 Å². The van der Waals surface area contributed by atoms with E-state index in [2.05, 4.69) is 16.5 Å². The van der Waals surface area contributed by atoms with Gasteiger partial charge in [0.15, 0.2) is 0 Å². The first-order valence-corrected chi connectivity index (χ1v) is 3.57. The van der Waals surface area contributed by atoms with Crippen LogP contribution in [0.1, 0.15) is 0 Å². The monoisotopic (exact) mass is 147 g/mol. The summed E-state index contributed by atoms with van der Waals surface area (Å²) in [6, 6.07) is 5.84. The second kappa shape index (κ2) is 2.72. The average Bonchev–Trinajstić information content (AvgIpc) is 2.58. The van der Waals surface area contributed by atoms with Gasteiger partial charge in [-0.15, -0.1) is 0 Å². The van der Waals surface area contributed by atoms with Crippen LogP contribution in [0.2, 0.25) is 0 Å². The maximum Gasteiger partial charge on any atom is 0.146 e. The van der Waals surface area contributed by atoms with E-state index in [4.69, 9.17) is 0 Å². The van der Waals surface area contributed by atoms with Gasteiger partial charge in [0.2, 0.25) is 0 Å². The van der Waals surface area contributed by atoms with Crippen LogP contribution in [0.25, 0.3) is 0 Å². The summed E-state index contributed by atoms with van der Waals surface area (Å²) in [5.74, 6) is 0.932. The summed E-state index contributed by atoms with van der Waals surface area (Å²) in [5.41, 5.74) is 3.13. The molecule has 3 heteroatoms. The Morgan fingerprint density at radius 3 is 3.09 bits per heavy atom. The molecule has 1 aromatic heterocycles. The molecule has 0 spiro atoms. The summed E-state index contributed by atoms with van der Waals surface area (Å²) in [5, 5.41) is 1.90. The topological polar surface area (TPSA) is 28.2 Å². The maximum atomic E-state index is 4.17. The fraction of sp³-hybridized carbons (Fsp3) is 0.125. The Hall–Kier alpha value is -1.35. The molecule has 0 saturated carbocycles.